The molecule has 0 atom stereocenters. The highest BCUT2D eigenvalue weighted by Crippen LogP contribution is 2.19. The van der Waals surface area contributed by atoms with E-state index in [1.807, 2.05) is 24.3 Å². The molecule has 0 aliphatic carbocycles. The van der Waals surface area contributed by atoms with Crippen molar-refractivity contribution in [3.63, 3.8) is 0 Å². The monoisotopic (exact) mass is 315 g/mol. The fourth-order valence-electron chi connectivity index (χ4n) is 2.86. The Morgan fingerprint density at radius 2 is 2.00 bits per heavy atom. The summed E-state index contributed by atoms with van der Waals surface area (Å²) in [5.41, 5.74) is 6.69. The first kappa shape index (κ1) is 15.5. The van der Waals surface area contributed by atoms with Crippen LogP contribution in [0, 0.1) is 0 Å². The van der Waals surface area contributed by atoms with Gasteiger partial charge in [0.1, 0.15) is 12.3 Å². The molecular weight excluding hydrogens is 292 g/mol. The fraction of sp³-hybridized carbons (Fsp3) is 0.438. The number of hydrogen-bond acceptors (Lipinski definition) is 6. The number of anilines is 3. The van der Waals surface area contributed by atoms with E-state index >= 15 is 0 Å². The summed E-state index contributed by atoms with van der Waals surface area (Å²) in [5.74, 6) is 2.23. The maximum absolute atomic E-state index is 5.84. The van der Waals surface area contributed by atoms with Crippen molar-refractivity contribution in [2.45, 2.75) is 25.8 Å². The highest BCUT2D eigenvalue weighted by Gasteiger charge is 2.16. The molecule has 7 nitrogen and oxygen atoms in total. The van der Waals surface area contributed by atoms with Crippen molar-refractivity contribution in [2.75, 3.05) is 31.2 Å². The van der Waals surface area contributed by atoms with Crippen LogP contribution in [0.15, 0.2) is 24.3 Å². The molecule has 1 aromatic carbocycles. The van der Waals surface area contributed by atoms with Crippen molar-refractivity contribution in [3.8, 4) is 5.75 Å². The average molecular weight is 315 g/mol. The Kier molecular flexibility index (Phi) is 4.87. The molecule has 0 saturated carbocycles. The lowest BCUT2D eigenvalue weighted by molar-refractivity contribution is -0.919. The second-order valence-corrected chi connectivity index (χ2v) is 5.78. The molecule has 2 heterocycles. The predicted octanol–water partition coefficient (Wildman–Crippen LogP) is 0.775. The van der Waals surface area contributed by atoms with Gasteiger partial charge < -0.3 is 20.7 Å². The third-order valence-corrected chi connectivity index (χ3v) is 3.99. The number of likely N-dealkylation sites (tertiary alicyclic amines) is 1. The van der Waals surface area contributed by atoms with E-state index in [9.17, 15) is 0 Å². The Morgan fingerprint density at radius 1 is 1.17 bits per heavy atom. The molecule has 1 aromatic heterocycles. The zero-order valence-electron chi connectivity index (χ0n) is 13.4. The summed E-state index contributed by atoms with van der Waals surface area (Å²) in [4.78, 5) is 14.5. The normalized spacial score (nSPS) is 15.3. The maximum Gasteiger partial charge on any atom is 0.232 e. The van der Waals surface area contributed by atoms with Crippen LogP contribution < -0.4 is 20.7 Å². The van der Waals surface area contributed by atoms with Crippen LogP contribution in [0.4, 0.5) is 17.6 Å². The number of nitrogens with zero attached hydrogens (tertiary/aromatic N) is 3. The van der Waals surface area contributed by atoms with Gasteiger partial charge in [-0.2, -0.15) is 15.0 Å². The zero-order chi connectivity index (χ0) is 16.1. The molecule has 2 aromatic rings. The summed E-state index contributed by atoms with van der Waals surface area (Å²) >= 11 is 0. The summed E-state index contributed by atoms with van der Waals surface area (Å²) in [7, 11) is 1.64. The second-order valence-electron chi connectivity index (χ2n) is 5.78. The smallest absolute Gasteiger partial charge is 0.232 e. The molecule has 1 saturated heterocycles. The number of nitrogens with two attached hydrogens (primary N) is 1. The lowest BCUT2D eigenvalue weighted by Gasteiger charge is -2.22. The van der Waals surface area contributed by atoms with E-state index in [4.69, 9.17) is 10.5 Å². The number of nitrogen functional groups attached to an aromatic ring is 1. The van der Waals surface area contributed by atoms with Crippen LogP contribution in [0.25, 0.3) is 0 Å². The topological polar surface area (TPSA) is 90.4 Å². The van der Waals surface area contributed by atoms with Gasteiger partial charge >= 0.3 is 0 Å². The van der Waals surface area contributed by atoms with Gasteiger partial charge in [0.25, 0.3) is 0 Å². The van der Waals surface area contributed by atoms with E-state index in [1.54, 1.807) is 7.11 Å². The SMILES string of the molecule is COc1cccc(Nc2nc(N)nc(C[NH+]3CCCCC3)n2)c1. The van der Waals surface area contributed by atoms with E-state index < -0.39 is 0 Å². The van der Waals surface area contributed by atoms with Crippen molar-refractivity contribution in [1.82, 2.24) is 15.0 Å². The molecular formula is C16H23N6O+. The van der Waals surface area contributed by atoms with E-state index in [2.05, 4.69) is 20.3 Å². The number of aromatic nitrogens is 3. The van der Waals surface area contributed by atoms with Gasteiger partial charge in [-0.3, -0.25) is 0 Å². The molecule has 0 radical (unpaired) electrons. The van der Waals surface area contributed by atoms with Crippen LogP contribution in [-0.2, 0) is 6.54 Å². The van der Waals surface area contributed by atoms with Crippen LogP contribution in [-0.4, -0.2) is 35.2 Å². The standard InChI is InChI=1S/C16H22N6O/c1-23-13-7-5-6-12(10-13)18-16-20-14(19-15(17)21-16)11-22-8-3-2-4-9-22/h5-7,10H,2-4,8-9,11H2,1H3,(H3,17,18,19,20,21)/p+1. The number of hydrogen-bond donors (Lipinski definition) is 3. The molecule has 23 heavy (non-hydrogen) atoms. The highest BCUT2D eigenvalue weighted by atomic mass is 16.5. The number of piperidine rings is 1. The Bertz CT molecular complexity index is 657. The molecule has 1 aliphatic rings. The minimum absolute atomic E-state index is 0.247. The lowest BCUT2D eigenvalue weighted by atomic mass is 10.1. The number of nitrogens with one attached hydrogen (secondary N) is 2. The summed E-state index contributed by atoms with van der Waals surface area (Å²) in [6.45, 7) is 3.13. The number of methoxy groups -OCH3 is 1. The first-order valence-electron chi connectivity index (χ1n) is 7.98. The van der Waals surface area contributed by atoms with E-state index in [1.165, 1.54) is 37.3 Å². The first-order chi connectivity index (χ1) is 11.2. The molecule has 0 spiro atoms. The Hall–Kier alpha value is -2.41. The average Bonchev–Trinajstić information content (AvgIpc) is 2.55. The molecule has 7 heteroatoms. The Balaban J connectivity index is 1.73. The van der Waals surface area contributed by atoms with Crippen LogP contribution >= 0.6 is 0 Å². The van der Waals surface area contributed by atoms with E-state index in [-0.39, 0.29) is 5.95 Å². The summed E-state index contributed by atoms with van der Waals surface area (Å²) in [6, 6.07) is 7.61. The maximum atomic E-state index is 5.84. The minimum atomic E-state index is 0.247. The number of ether oxygens (including phenoxy) is 1. The largest absolute Gasteiger partial charge is 0.497 e. The van der Waals surface area contributed by atoms with Crippen molar-refractivity contribution < 1.29 is 9.64 Å². The van der Waals surface area contributed by atoms with Crippen molar-refractivity contribution in [3.05, 3.63) is 30.1 Å². The fourth-order valence-corrected chi connectivity index (χ4v) is 2.86. The molecule has 122 valence electrons. The van der Waals surface area contributed by atoms with E-state index in [0.29, 0.717) is 5.95 Å². The van der Waals surface area contributed by atoms with Crippen molar-refractivity contribution in [2.24, 2.45) is 0 Å². The van der Waals surface area contributed by atoms with Crippen molar-refractivity contribution in [1.29, 1.82) is 0 Å². The summed E-state index contributed by atoms with van der Waals surface area (Å²) < 4.78 is 5.22. The molecule has 1 fully saturated rings. The highest BCUT2D eigenvalue weighted by molar-refractivity contribution is 5.56. The van der Waals surface area contributed by atoms with Gasteiger partial charge in [0.05, 0.1) is 20.2 Å². The molecule has 0 amide bonds. The molecule has 1 aliphatic heterocycles. The van der Waals surface area contributed by atoms with Gasteiger partial charge in [-0.15, -0.1) is 0 Å². The molecule has 4 N–H and O–H groups in total. The molecule has 3 rings (SSSR count). The second kappa shape index (κ2) is 7.23. The zero-order valence-corrected chi connectivity index (χ0v) is 13.4. The van der Waals surface area contributed by atoms with Crippen molar-refractivity contribution >= 4 is 17.6 Å². The summed E-state index contributed by atoms with van der Waals surface area (Å²) in [6.07, 6.45) is 3.86. The first-order valence-corrected chi connectivity index (χ1v) is 7.98. The summed E-state index contributed by atoms with van der Waals surface area (Å²) in [5, 5.41) is 3.17. The number of benzene rings is 1. The molecule has 0 bridgehead atoms. The Morgan fingerprint density at radius 3 is 2.78 bits per heavy atom. The van der Waals surface area contributed by atoms with Gasteiger partial charge in [-0.05, 0) is 31.4 Å². The Labute approximate surface area is 135 Å². The van der Waals surface area contributed by atoms with Crippen LogP contribution in [0.3, 0.4) is 0 Å². The lowest BCUT2D eigenvalue weighted by Crippen LogP contribution is -3.11. The van der Waals surface area contributed by atoms with E-state index in [0.717, 1.165) is 23.8 Å². The molecule has 0 unspecified atom stereocenters. The van der Waals surface area contributed by atoms with Gasteiger partial charge in [0.15, 0.2) is 5.82 Å². The number of rotatable bonds is 5. The van der Waals surface area contributed by atoms with Gasteiger partial charge in [-0.25, -0.2) is 0 Å². The van der Waals surface area contributed by atoms with Crippen LogP contribution in [0.5, 0.6) is 5.75 Å². The predicted molar refractivity (Wildman–Crippen MR) is 88.8 cm³/mol. The van der Waals surface area contributed by atoms with Gasteiger partial charge in [0, 0.05) is 11.8 Å². The minimum Gasteiger partial charge on any atom is -0.497 e. The van der Waals surface area contributed by atoms with Gasteiger partial charge in [-0.1, -0.05) is 6.07 Å². The van der Waals surface area contributed by atoms with Gasteiger partial charge in [0.2, 0.25) is 11.9 Å². The van der Waals surface area contributed by atoms with Crippen LogP contribution in [0.1, 0.15) is 25.1 Å². The van der Waals surface area contributed by atoms with Crippen LogP contribution in [0.2, 0.25) is 0 Å². The third kappa shape index (κ3) is 4.29. The quantitative estimate of drug-likeness (QED) is 0.755. The third-order valence-electron chi connectivity index (χ3n) is 3.99. The number of quaternary nitrogens is 1.